The van der Waals surface area contributed by atoms with E-state index in [1.54, 1.807) is 0 Å². The second kappa shape index (κ2) is 6.85. The van der Waals surface area contributed by atoms with Gasteiger partial charge in [0.2, 0.25) is 11.8 Å². The van der Waals surface area contributed by atoms with E-state index in [1.165, 1.54) is 0 Å². The summed E-state index contributed by atoms with van der Waals surface area (Å²) in [4.78, 5) is 21.5. The number of rotatable bonds is 7. The molecule has 0 atom stereocenters. The Labute approximate surface area is 162 Å². The Morgan fingerprint density at radius 1 is 1.21 bits per heavy atom. The van der Waals surface area contributed by atoms with Gasteiger partial charge in [0.15, 0.2) is 11.6 Å². The molecule has 0 radical (unpaired) electrons. The minimum Gasteiger partial charge on any atom is -0.339 e. The van der Waals surface area contributed by atoms with Crippen molar-refractivity contribution in [2.45, 2.75) is 57.3 Å². The second-order valence-electron chi connectivity index (χ2n) is 7.74. The van der Waals surface area contributed by atoms with Crippen molar-refractivity contribution in [1.82, 2.24) is 25.3 Å². The maximum absolute atomic E-state index is 12.5. The largest absolute Gasteiger partial charge is 0.339 e. The van der Waals surface area contributed by atoms with E-state index in [4.69, 9.17) is 4.52 Å². The fourth-order valence-corrected chi connectivity index (χ4v) is 3.20. The molecule has 2 fully saturated rings. The second-order valence-corrected chi connectivity index (χ2v) is 7.74. The third-order valence-electron chi connectivity index (χ3n) is 5.15. The summed E-state index contributed by atoms with van der Waals surface area (Å²) >= 11 is 0. The molecule has 0 bridgehead atoms. The monoisotopic (exact) mass is 378 g/mol. The molecule has 8 nitrogen and oxygen atoms in total. The molecule has 2 N–H and O–H groups in total. The number of H-pyrrole nitrogens is 1. The summed E-state index contributed by atoms with van der Waals surface area (Å²) in [5.41, 5.74) is 2.62. The molecular formula is C20H22N6O2. The van der Waals surface area contributed by atoms with Gasteiger partial charge in [-0.2, -0.15) is 10.1 Å². The molecule has 0 unspecified atom stereocenters. The molecule has 1 amide bonds. The summed E-state index contributed by atoms with van der Waals surface area (Å²) in [6, 6.07) is 5.86. The Hall–Kier alpha value is -3.03. The molecule has 2 aromatic heterocycles. The number of anilines is 1. The molecular weight excluding hydrogens is 356 g/mol. The van der Waals surface area contributed by atoms with Gasteiger partial charge < -0.3 is 9.84 Å². The predicted octanol–water partition coefficient (Wildman–Crippen LogP) is 3.49. The van der Waals surface area contributed by atoms with Gasteiger partial charge in [-0.25, -0.2) is 4.98 Å². The van der Waals surface area contributed by atoms with Crippen LogP contribution in [0.15, 0.2) is 22.7 Å². The van der Waals surface area contributed by atoms with Gasteiger partial charge in [-0.1, -0.05) is 16.8 Å². The highest BCUT2D eigenvalue weighted by molar-refractivity contribution is 5.94. The van der Waals surface area contributed by atoms with E-state index < -0.39 is 0 Å². The summed E-state index contributed by atoms with van der Waals surface area (Å²) in [7, 11) is 0. The summed E-state index contributed by atoms with van der Waals surface area (Å²) < 4.78 is 5.24. The van der Waals surface area contributed by atoms with E-state index in [2.05, 4.69) is 30.6 Å². The first kappa shape index (κ1) is 17.1. The van der Waals surface area contributed by atoms with Gasteiger partial charge in [-0.05, 0) is 44.7 Å². The predicted molar refractivity (Wildman–Crippen MR) is 102 cm³/mol. The van der Waals surface area contributed by atoms with Crippen LogP contribution in [-0.4, -0.2) is 31.2 Å². The smallest absolute Gasteiger partial charge is 0.227 e. The maximum atomic E-state index is 12.5. The van der Waals surface area contributed by atoms with Crippen LogP contribution < -0.4 is 5.32 Å². The lowest BCUT2D eigenvalue weighted by Gasteiger charge is -2.09. The molecule has 144 valence electrons. The average Bonchev–Trinajstić information content (AvgIpc) is 3.63. The average molecular weight is 378 g/mol. The highest BCUT2D eigenvalue weighted by atomic mass is 16.5. The standard InChI is InChI=1S/C20H22N6O2/c1-11-2-7-15(14(10-11)20-23-18(24-25-20)12-3-4-12)21-16(27)8-9-17-22-19(26-28-17)13-5-6-13/h2,7,10,12-13H,3-6,8-9H2,1H3,(H,21,27)(H,23,24,25). The molecule has 3 aromatic rings. The number of nitrogens with one attached hydrogen (secondary N) is 2. The molecule has 0 spiro atoms. The van der Waals surface area contributed by atoms with Crippen LogP contribution in [0.2, 0.25) is 0 Å². The molecule has 2 aliphatic rings. The molecule has 0 saturated heterocycles. The van der Waals surface area contributed by atoms with Gasteiger partial charge in [-0.3, -0.25) is 9.89 Å². The SMILES string of the molecule is Cc1ccc(NC(=O)CCc2nc(C3CC3)no2)c(-c2n[nH]c(C3CC3)n2)c1. The number of carbonyl (C=O) groups is 1. The van der Waals surface area contributed by atoms with E-state index in [-0.39, 0.29) is 12.3 Å². The number of benzene rings is 1. The van der Waals surface area contributed by atoms with Crippen molar-refractivity contribution in [3.05, 3.63) is 41.3 Å². The summed E-state index contributed by atoms with van der Waals surface area (Å²) in [5.74, 6) is 3.68. The number of aryl methyl sites for hydroxylation is 2. The third-order valence-corrected chi connectivity index (χ3v) is 5.15. The Balaban J connectivity index is 1.27. The van der Waals surface area contributed by atoms with Crippen molar-refractivity contribution in [1.29, 1.82) is 0 Å². The Bertz CT molecular complexity index is 1020. The zero-order chi connectivity index (χ0) is 19.1. The number of aromatic amines is 1. The van der Waals surface area contributed by atoms with Crippen LogP contribution in [0.3, 0.4) is 0 Å². The topological polar surface area (TPSA) is 110 Å². The Morgan fingerprint density at radius 3 is 2.82 bits per heavy atom. The van der Waals surface area contributed by atoms with Gasteiger partial charge >= 0.3 is 0 Å². The zero-order valence-corrected chi connectivity index (χ0v) is 15.7. The first-order chi connectivity index (χ1) is 13.7. The van der Waals surface area contributed by atoms with Crippen molar-refractivity contribution in [3.8, 4) is 11.4 Å². The molecule has 2 saturated carbocycles. The molecule has 8 heteroatoms. The Kier molecular flexibility index (Phi) is 4.18. The summed E-state index contributed by atoms with van der Waals surface area (Å²) in [6.07, 6.45) is 5.27. The molecule has 2 aliphatic carbocycles. The highest BCUT2D eigenvalue weighted by Crippen LogP contribution is 2.39. The quantitative estimate of drug-likeness (QED) is 0.651. The van der Waals surface area contributed by atoms with Crippen LogP contribution in [0.25, 0.3) is 11.4 Å². The van der Waals surface area contributed by atoms with Gasteiger partial charge in [0.05, 0.1) is 5.69 Å². The van der Waals surface area contributed by atoms with Gasteiger partial charge in [0, 0.05) is 30.2 Å². The van der Waals surface area contributed by atoms with Gasteiger partial charge in [0.1, 0.15) is 5.82 Å². The zero-order valence-electron chi connectivity index (χ0n) is 15.7. The summed E-state index contributed by atoms with van der Waals surface area (Å²) in [5, 5.41) is 14.3. The van der Waals surface area contributed by atoms with Gasteiger partial charge in [0.25, 0.3) is 0 Å². The number of amides is 1. The minimum atomic E-state index is -0.103. The Morgan fingerprint density at radius 2 is 2.04 bits per heavy atom. The van der Waals surface area contributed by atoms with E-state index >= 15 is 0 Å². The number of hydrogen-bond donors (Lipinski definition) is 2. The lowest BCUT2D eigenvalue weighted by atomic mass is 10.1. The molecule has 0 aliphatic heterocycles. The van der Waals surface area contributed by atoms with Gasteiger partial charge in [-0.15, -0.1) is 0 Å². The molecule has 5 rings (SSSR count). The van der Waals surface area contributed by atoms with E-state index in [0.29, 0.717) is 35.7 Å². The number of hydrogen-bond acceptors (Lipinski definition) is 6. The van der Waals surface area contributed by atoms with Crippen LogP contribution in [0.4, 0.5) is 5.69 Å². The van der Waals surface area contributed by atoms with Crippen molar-refractivity contribution in [3.63, 3.8) is 0 Å². The van der Waals surface area contributed by atoms with Crippen LogP contribution in [0.5, 0.6) is 0 Å². The number of nitrogens with zero attached hydrogens (tertiary/aromatic N) is 4. The fraction of sp³-hybridized carbons (Fsp3) is 0.450. The van der Waals surface area contributed by atoms with E-state index in [9.17, 15) is 4.79 Å². The van der Waals surface area contributed by atoms with Crippen LogP contribution in [0, 0.1) is 6.92 Å². The van der Waals surface area contributed by atoms with Crippen LogP contribution in [0.1, 0.15) is 67.0 Å². The van der Waals surface area contributed by atoms with E-state index in [1.807, 2.05) is 25.1 Å². The maximum Gasteiger partial charge on any atom is 0.227 e. The summed E-state index contributed by atoms with van der Waals surface area (Å²) in [6.45, 7) is 2.01. The van der Waals surface area contributed by atoms with E-state index in [0.717, 1.165) is 48.5 Å². The van der Waals surface area contributed by atoms with Crippen molar-refractivity contribution in [2.75, 3.05) is 5.32 Å². The number of aromatic nitrogens is 5. The fourth-order valence-electron chi connectivity index (χ4n) is 3.20. The number of carbonyl (C=O) groups excluding carboxylic acids is 1. The first-order valence-electron chi connectivity index (χ1n) is 9.81. The minimum absolute atomic E-state index is 0.103. The van der Waals surface area contributed by atoms with Crippen molar-refractivity contribution in [2.24, 2.45) is 0 Å². The van der Waals surface area contributed by atoms with Crippen LogP contribution >= 0.6 is 0 Å². The lowest BCUT2D eigenvalue weighted by Crippen LogP contribution is -2.13. The molecule has 28 heavy (non-hydrogen) atoms. The van der Waals surface area contributed by atoms with Crippen LogP contribution in [-0.2, 0) is 11.2 Å². The molecule has 1 aromatic carbocycles. The molecule has 2 heterocycles. The third kappa shape index (κ3) is 3.67. The first-order valence-corrected chi connectivity index (χ1v) is 9.81. The highest BCUT2D eigenvalue weighted by Gasteiger charge is 2.29. The lowest BCUT2D eigenvalue weighted by molar-refractivity contribution is -0.116. The normalized spacial score (nSPS) is 16.3. The van der Waals surface area contributed by atoms with Crippen molar-refractivity contribution >= 4 is 11.6 Å². The van der Waals surface area contributed by atoms with Crippen molar-refractivity contribution < 1.29 is 9.32 Å².